The molecule has 0 bridgehead atoms. The third-order valence-corrected chi connectivity index (χ3v) is 8.66. The number of pyridine rings is 1. The Kier molecular flexibility index (Phi) is 9.21. The fraction of sp³-hybridized carbons (Fsp3) is 0.500. The second kappa shape index (κ2) is 13.2. The molecule has 3 unspecified atom stereocenters. The Hall–Kier alpha value is -3.88. The molecule has 3 aromatic heterocycles. The van der Waals surface area contributed by atoms with Crippen molar-refractivity contribution in [3.8, 4) is 22.5 Å². The van der Waals surface area contributed by atoms with Crippen LogP contribution in [0, 0.1) is 11.8 Å². The second-order valence-electron chi connectivity index (χ2n) is 11.4. The van der Waals surface area contributed by atoms with Gasteiger partial charge in [0.05, 0.1) is 18.3 Å². The number of carbonyl (C=O) groups is 1. The van der Waals surface area contributed by atoms with E-state index in [0.717, 1.165) is 85.9 Å². The number of aromatic amines is 1. The van der Waals surface area contributed by atoms with E-state index < -0.39 is 0 Å². The van der Waals surface area contributed by atoms with Crippen LogP contribution in [0.1, 0.15) is 89.6 Å². The maximum absolute atomic E-state index is 14.2. The van der Waals surface area contributed by atoms with Crippen molar-refractivity contribution in [1.29, 1.82) is 0 Å². The molecule has 41 heavy (non-hydrogen) atoms. The van der Waals surface area contributed by atoms with Crippen LogP contribution in [0.15, 0.2) is 53.6 Å². The van der Waals surface area contributed by atoms with Crippen LogP contribution in [0.2, 0.25) is 0 Å². The van der Waals surface area contributed by atoms with Gasteiger partial charge in [0, 0.05) is 29.6 Å². The van der Waals surface area contributed by atoms with Crippen LogP contribution in [0.3, 0.4) is 0 Å². The summed E-state index contributed by atoms with van der Waals surface area (Å²) >= 11 is 0. The van der Waals surface area contributed by atoms with Crippen molar-refractivity contribution < 1.29 is 4.79 Å². The van der Waals surface area contributed by atoms with Gasteiger partial charge in [-0.25, -0.2) is 4.79 Å². The van der Waals surface area contributed by atoms with Crippen LogP contribution >= 0.6 is 0 Å². The maximum Gasteiger partial charge on any atom is 0.328 e. The van der Waals surface area contributed by atoms with E-state index in [1.165, 1.54) is 0 Å². The molecule has 0 amide bonds. The lowest BCUT2D eigenvalue weighted by molar-refractivity contribution is -0.123. The zero-order valence-corrected chi connectivity index (χ0v) is 24.4. The summed E-state index contributed by atoms with van der Waals surface area (Å²) in [5.74, 6) is 0.922. The number of hydrogen-bond donors (Lipinski definition) is 1. The second-order valence-corrected chi connectivity index (χ2v) is 11.4. The van der Waals surface area contributed by atoms with Gasteiger partial charge in [0.25, 0.3) is 0 Å². The predicted octanol–water partition coefficient (Wildman–Crippen LogP) is 6.02. The standard InChI is InChI=1S/C32H41N7O2/c1-4-6-14-28-21-39(30-23(5-2)11-8-7-9-15-29(30)22(3)40)32(41)38(28)20-27-19-25(16-17-33-27)24-12-10-13-26(18-24)31-34-36-37-35-31/h10,12-13,16-19,21,23,29-30H,4-9,11,14-15,20H2,1-3H3,(H,34,35,36,37). The normalized spacial score (nSPS) is 19.5. The van der Waals surface area contributed by atoms with Gasteiger partial charge in [0.1, 0.15) is 5.78 Å². The number of unbranched alkanes of at least 4 members (excludes halogenated alkanes) is 1. The number of nitrogens with zero attached hydrogens (tertiary/aromatic N) is 6. The largest absolute Gasteiger partial charge is 0.328 e. The van der Waals surface area contributed by atoms with Gasteiger partial charge in [-0.1, -0.05) is 64.2 Å². The number of imidazole rings is 1. The lowest BCUT2D eigenvalue weighted by Crippen LogP contribution is -2.38. The summed E-state index contributed by atoms with van der Waals surface area (Å²) in [6, 6.07) is 11.9. The first-order chi connectivity index (χ1) is 20.0. The summed E-state index contributed by atoms with van der Waals surface area (Å²) < 4.78 is 3.81. The van der Waals surface area contributed by atoms with E-state index in [-0.39, 0.29) is 23.4 Å². The number of tetrazole rings is 1. The van der Waals surface area contributed by atoms with Gasteiger partial charge in [0.2, 0.25) is 5.82 Å². The van der Waals surface area contributed by atoms with Crippen LogP contribution in [-0.2, 0) is 17.8 Å². The minimum absolute atomic E-state index is 0.0299. The molecule has 0 radical (unpaired) electrons. The fourth-order valence-corrected chi connectivity index (χ4v) is 6.44. The molecule has 1 fully saturated rings. The molecule has 9 heteroatoms. The van der Waals surface area contributed by atoms with Gasteiger partial charge in [0.15, 0.2) is 0 Å². The first kappa shape index (κ1) is 28.6. The smallest absolute Gasteiger partial charge is 0.300 e. The summed E-state index contributed by atoms with van der Waals surface area (Å²) in [5, 5.41) is 14.4. The van der Waals surface area contributed by atoms with E-state index in [0.29, 0.717) is 18.3 Å². The number of carbonyl (C=O) groups excluding carboxylic acids is 1. The highest BCUT2D eigenvalue weighted by Crippen LogP contribution is 2.38. The monoisotopic (exact) mass is 555 g/mol. The summed E-state index contributed by atoms with van der Waals surface area (Å²) in [6.07, 6.45) is 12.9. The third kappa shape index (κ3) is 6.39. The van der Waals surface area contributed by atoms with Crippen molar-refractivity contribution in [3.63, 3.8) is 0 Å². The summed E-state index contributed by atoms with van der Waals surface area (Å²) in [5.41, 5.74) is 4.69. The molecule has 0 saturated heterocycles. The van der Waals surface area contributed by atoms with E-state index in [1.54, 1.807) is 13.1 Å². The van der Waals surface area contributed by atoms with Gasteiger partial charge in [-0.3, -0.25) is 18.9 Å². The number of Topliss-reactive ketones (excluding diaryl/α,β-unsaturated/α-hetero) is 1. The molecule has 1 N–H and O–H groups in total. The molecule has 1 aliphatic carbocycles. The zero-order valence-electron chi connectivity index (χ0n) is 24.4. The molecule has 0 spiro atoms. The number of aromatic nitrogens is 7. The average molecular weight is 556 g/mol. The molecule has 1 aromatic carbocycles. The van der Waals surface area contributed by atoms with Crippen LogP contribution in [0.25, 0.3) is 22.5 Å². The van der Waals surface area contributed by atoms with Crippen molar-refractivity contribution in [2.24, 2.45) is 11.8 Å². The number of rotatable bonds is 10. The number of nitrogens with one attached hydrogen (secondary N) is 1. The van der Waals surface area contributed by atoms with Gasteiger partial charge in [-0.05, 0) is 73.1 Å². The van der Waals surface area contributed by atoms with Crippen molar-refractivity contribution in [3.05, 3.63) is 70.7 Å². The number of benzene rings is 1. The highest BCUT2D eigenvalue weighted by molar-refractivity contribution is 5.78. The molecule has 3 atom stereocenters. The van der Waals surface area contributed by atoms with Crippen molar-refractivity contribution in [2.75, 3.05) is 0 Å². The Labute approximate surface area is 241 Å². The Bertz CT molecular complexity index is 1500. The zero-order chi connectivity index (χ0) is 28.8. The first-order valence-electron chi connectivity index (χ1n) is 15.1. The number of H-pyrrole nitrogens is 1. The predicted molar refractivity (Wildman–Crippen MR) is 159 cm³/mol. The van der Waals surface area contributed by atoms with Crippen LogP contribution in [-0.4, -0.2) is 40.5 Å². The van der Waals surface area contributed by atoms with Gasteiger partial charge < -0.3 is 0 Å². The molecule has 0 aliphatic heterocycles. The minimum atomic E-state index is -0.124. The minimum Gasteiger partial charge on any atom is -0.300 e. The van der Waals surface area contributed by atoms with Gasteiger partial charge in [-0.15, -0.1) is 10.2 Å². The SMILES string of the molecule is CCCCc1cn(C2C(CC)CCCCCC2C(C)=O)c(=O)n1Cc1cc(-c2cccc(-c3nn[nH]n3)c2)ccn1. The Morgan fingerprint density at radius 3 is 2.61 bits per heavy atom. The van der Waals surface area contributed by atoms with Gasteiger partial charge >= 0.3 is 5.69 Å². The summed E-state index contributed by atoms with van der Waals surface area (Å²) in [6.45, 7) is 6.45. The quantitative estimate of drug-likeness (QED) is 0.256. The highest BCUT2D eigenvalue weighted by atomic mass is 16.2. The lowest BCUT2D eigenvalue weighted by atomic mass is 9.77. The van der Waals surface area contributed by atoms with E-state index in [1.807, 2.05) is 45.5 Å². The average Bonchev–Trinajstić information content (AvgIpc) is 3.61. The van der Waals surface area contributed by atoms with E-state index in [9.17, 15) is 9.59 Å². The lowest BCUT2D eigenvalue weighted by Gasteiger charge is -2.34. The van der Waals surface area contributed by atoms with Crippen molar-refractivity contribution in [2.45, 2.75) is 91.1 Å². The highest BCUT2D eigenvalue weighted by Gasteiger charge is 2.35. The number of hydrogen-bond acceptors (Lipinski definition) is 6. The van der Waals surface area contributed by atoms with Crippen LogP contribution in [0.4, 0.5) is 0 Å². The molecule has 9 nitrogen and oxygen atoms in total. The van der Waals surface area contributed by atoms with Crippen LogP contribution < -0.4 is 5.69 Å². The van der Waals surface area contributed by atoms with E-state index >= 15 is 0 Å². The molecule has 5 rings (SSSR count). The molecule has 216 valence electrons. The molecular weight excluding hydrogens is 514 g/mol. The maximum atomic E-state index is 14.2. The molecule has 1 saturated carbocycles. The molecular formula is C32H41N7O2. The first-order valence-corrected chi connectivity index (χ1v) is 15.1. The Morgan fingerprint density at radius 1 is 1.05 bits per heavy atom. The third-order valence-electron chi connectivity index (χ3n) is 8.66. The topological polar surface area (TPSA) is 111 Å². The van der Waals surface area contributed by atoms with E-state index in [2.05, 4.69) is 45.7 Å². The fourth-order valence-electron chi connectivity index (χ4n) is 6.44. The van der Waals surface area contributed by atoms with Gasteiger partial charge in [-0.2, -0.15) is 5.21 Å². The number of ketones is 1. The molecule has 1 aliphatic rings. The molecule has 4 aromatic rings. The Balaban J connectivity index is 1.51. The van der Waals surface area contributed by atoms with E-state index in [4.69, 9.17) is 0 Å². The van der Waals surface area contributed by atoms with Crippen molar-refractivity contribution >= 4 is 5.78 Å². The summed E-state index contributed by atoms with van der Waals surface area (Å²) in [7, 11) is 0. The summed E-state index contributed by atoms with van der Waals surface area (Å²) in [4.78, 5) is 31.7. The Morgan fingerprint density at radius 2 is 1.85 bits per heavy atom. The molecule has 3 heterocycles. The van der Waals surface area contributed by atoms with Crippen molar-refractivity contribution in [1.82, 2.24) is 34.7 Å². The number of aryl methyl sites for hydroxylation is 1. The van der Waals surface area contributed by atoms with Crippen LogP contribution in [0.5, 0.6) is 0 Å².